The van der Waals surface area contributed by atoms with Gasteiger partial charge in [0.25, 0.3) is 5.91 Å². The van der Waals surface area contributed by atoms with Gasteiger partial charge in [-0.2, -0.15) is 0 Å². The van der Waals surface area contributed by atoms with E-state index in [1.807, 2.05) is 4.90 Å². The SMILES string of the molecule is COc1ccc(Cl)cc1C(=O)N1CCN(CC(C)C)CC1. The van der Waals surface area contributed by atoms with Crippen LogP contribution in [-0.4, -0.2) is 55.5 Å². The van der Waals surface area contributed by atoms with Crippen LogP contribution in [0.15, 0.2) is 18.2 Å². The molecule has 5 heteroatoms. The normalized spacial score (nSPS) is 16.3. The molecule has 1 aromatic rings. The van der Waals surface area contributed by atoms with Crippen LogP contribution in [0.4, 0.5) is 0 Å². The highest BCUT2D eigenvalue weighted by atomic mass is 35.5. The van der Waals surface area contributed by atoms with Gasteiger partial charge in [0.15, 0.2) is 0 Å². The molecule has 116 valence electrons. The van der Waals surface area contributed by atoms with Crippen molar-refractivity contribution in [3.05, 3.63) is 28.8 Å². The van der Waals surface area contributed by atoms with Gasteiger partial charge in [-0.05, 0) is 24.1 Å². The van der Waals surface area contributed by atoms with Gasteiger partial charge in [0.05, 0.1) is 12.7 Å². The molecule has 0 radical (unpaired) electrons. The Morgan fingerprint density at radius 3 is 2.52 bits per heavy atom. The smallest absolute Gasteiger partial charge is 0.257 e. The van der Waals surface area contributed by atoms with E-state index < -0.39 is 0 Å². The van der Waals surface area contributed by atoms with Gasteiger partial charge in [-0.3, -0.25) is 9.69 Å². The van der Waals surface area contributed by atoms with Crippen LogP contribution >= 0.6 is 11.6 Å². The number of benzene rings is 1. The maximum atomic E-state index is 12.6. The van der Waals surface area contributed by atoms with E-state index in [2.05, 4.69) is 18.7 Å². The van der Waals surface area contributed by atoms with Gasteiger partial charge < -0.3 is 9.64 Å². The zero-order valence-electron chi connectivity index (χ0n) is 12.9. The molecule has 21 heavy (non-hydrogen) atoms. The Balaban J connectivity index is 2.03. The first-order valence-corrected chi connectivity index (χ1v) is 7.74. The van der Waals surface area contributed by atoms with Crippen molar-refractivity contribution in [3.8, 4) is 5.75 Å². The van der Waals surface area contributed by atoms with Crippen molar-refractivity contribution in [2.75, 3.05) is 39.8 Å². The summed E-state index contributed by atoms with van der Waals surface area (Å²) in [6.45, 7) is 8.87. The van der Waals surface area contributed by atoms with E-state index in [1.54, 1.807) is 25.3 Å². The lowest BCUT2D eigenvalue weighted by molar-refractivity contribution is 0.0620. The second kappa shape index (κ2) is 7.14. The molecule has 1 aromatic carbocycles. The van der Waals surface area contributed by atoms with E-state index in [-0.39, 0.29) is 5.91 Å². The lowest BCUT2D eigenvalue weighted by atomic mass is 10.1. The minimum absolute atomic E-state index is 0.00135. The summed E-state index contributed by atoms with van der Waals surface area (Å²) in [7, 11) is 1.57. The first-order chi connectivity index (χ1) is 10.0. The second-order valence-corrected chi connectivity index (χ2v) is 6.27. The van der Waals surface area contributed by atoms with Gasteiger partial charge in [-0.25, -0.2) is 0 Å². The predicted molar refractivity (Wildman–Crippen MR) is 85.2 cm³/mol. The number of methoxy groups -OCH3 is 1. The van der Waals surface area contributed by atoms with Gasteiger partial charge >= 0.3 is 0 Å². The molecular formula is C16H23ClN2O2. The van der Waals surface area contributed by atoms with Gasteiger partial charge in [-0.1, -0.05) is 25.4 Å². The van der Waals surface area contributed by atoms with Crippen molar-refractivity contribution in [3.63, 3.8) is 0 Å². The van der Waals surface area contributed by atoms with Crippen molar-refractivity contribution < 1.29 is 9.53 Å². The van der Waals surface area contributed by atoms with Crippen molar-refractivity contribution >= 4 is 17.5 Å². The monoisotopic (exact) mass is 310 g/mol. The van der Waals surface area contributed by atoms with Crippen molar-refractivity contribution in [2.24, 2.45) is 5.92 Å². The summed E-state index contributed by atoms with van der Waals surface area (Å²) in [6, 6.07) is 5.16. The molecule has 4 nitrogen and oxygen atoms in total. The van der Waals surface area contributed by atoms with Crippen molar-refractivity contribution in [1.82, 2.24) is 9.80 Å². The fraction of sp³-hybridized carbons (Fsp3) is 0.562. The second-order valence-electron chi connectivity index (χ2n) is 5.83. The minimum Gasteiger partial charge on any atom is -0.496 e. The van der Waals surface area contributed by atoms with Crippen molar-refractivity contribution in [1.29, 1.82) is 0 Å². The lowest BCUT2D eigenvalue weighted by Gasteiger charge is -2.35. The summed E-state index contributed by atoms with van der Waals surface area (Å²) < 4.78 is 5.27. The molecule has 0 aromatic heterocycles. The molecule has 0 atom stereocenters. The van der Waals surface area contributed by atoms with Gasteiger partial charge in [0.2, 0.25) is 0 Å². The van der Waals surface area contributed by atoms with E-state index in [4.69, 9.17) is 16.3 Å². The van der Waals surface area contributed by atoms with Crippen LogP contribution in [0.5, 0.6) is 5.75 Å². The third-order valence-electron chi connectivity index (χ3n) is 3.67. The quantitative estimate of drug-likeness (QED) is 0.857. The first-order valence-electron chi connectivity index (χ1n) is 7.36. The number of hydrogen-bond acceptors (Lipinski definition) is 3. The molecule has 0 spiro atoms. The fourth-order valence-corrected chi connectivity index (χ4v) is 2.84. The fourth-order valence-electron chi connectivity index (χ4n) is 2.67. The molecule has 0 unspecified atom stereocenters. The average Bonchev–Trinajstić information content (AvgIpc) is 2.46. The molecule has 1 fully saturated rings. The van der Waals surface area contributed by atoms with E-state index in [9.17, 15) is 4.79 Å². The molecule has 0 saturated carbocycles. The van der Waals surface area contributed by atoms with Crippen LogP contribution in [0.2, 0.25) is 5.02 Å². The Hall–Kier alpha value is -1.26. The number of ether oxygens (including phenoxy) is 1. The van der Waals surface area contributed by atoms with Gasteiger partial charge in [-0.15, -0.1) is 0 Å². The number of piperazine rings is 1. The average molecular weight is 311 g/mol. The highest BCUT2D eigenvalue weighted by Gasteiger charge is 2.24. The van der Waals surface area contributed by atoms with E-state index in [1.165, 1.54) is 0 Å². The van der Waals surface area contributed by atoms with Crippen LogP contribution in [0.25, 0.3) is 0 Å². The third kappa shape index (κ3) is 4.11. The number of amides is 1. The Labute approximate surface area is 131 Å². The Morgan fingerprint density at radius 2 is 1.95 bits per heavy atom. The maximum absolute atomic E-state index is 12.6. The zero-order chi connectivity index (χ0) is 15.4. The Kier molecular flexibility index (Phi) is 5.48. The molecule has 1 aliphatic rings. The molecule has 0 bridgehead atoms. The van der Waals surface area contributed by atoms with Crippen LogP contribution < -0.4 is 4.74 Å². The van der Waals surface area contributed by atoms with Crippen molar-refractivity contribution in [2.45, 2.75) is 13.8 Å². The minimum atomic E-state index is -0.00135. The van der Waals surface area contributed by atoms with Gasteiger partial charge in [0.1, 0.15) is 5.75 Å². The van der Waals surface area contributed by atoms with E-state index in [0.717, 1.165) is 32.7 Å². The lowest BCUT2D eigenvalue weighted by Crippen LogP contribution is -2.49. The Bertz CT molecular complexity index is 497. The molecule has 1 amide bonds. The molecular weight excluding hydrogens is 288 g/mol. The molecule has 2 rings (SSSR count). The topological polar surface area (TPSA) is 32.8 Å². The molecule has 1 aliphatic heterocycles. The highest BCUT2D eigenvalue weighted by molar-refractivity contribution is 6.31. The predicted octanol–water partition coefficient (Wildman–Crippen LogP) is 2.76. The first kappa shape index (κ1) is 16.1. The van der Waals surface area contributed by atoms with E-state index in [0.29, 0.717) is 22.3 Å². The summed E-state index contributed by atoms with van der Waals surface area (Å²) in [6.07, 6.45) is 0. The summed E-state index contributed by atoms with van der Waals surface area (Å²) in [5, 5.41) is 0.553. The highest BCUT2D eigenvalue weighted by Crippen LogP contribution is 2.24. The Morgan fingerprint density at radius 1 is 1.29 bits per heavy atom. The van der Waals surface area contributed by atoms with Crippen LogP contribution in [-0.2, 0) is 0 Å². The van der Waals surface area contributed by atoms with E-state index >= 15 is 0 Å². The molecule has 1 saturated heterocycles. The standard InChI is InChI=1S/C16H23ClN2O2/c1-12(2)11-18-6-8-19(9-7-18)16(20)14-10-13(17)4-5-15(14)21-3/h4-5,10,12H,6-9,11H2,1-3H3. The number of carbonyl (C=O) groups is 1. The van der Waals surface area contributed by atoms with Crippen LogP contribution in [0.3, 0.4) is 0 Å². The van der Waals surface area contributed by atoms with Gasteiger partial charge in [0, 0.05) is 37.7 Å². The number of nitrogens with zero attached hydrogens (tertiary/aromatic N) is 2. The molecule has 0 aliphatic carbocycles. The molecule has 0 N–H and O–H groups in total. The summed E-state index contributed by atoms with van der Waals surface area (Å²) in [5.41, 5.74) is 0.544. The summed E-state index contributed by atoms with van der Waals surface area (Å²) in [4.78, 5) is 16.9. The maximum Gasteiger partial charge on any atom is 0.257 e. The number of hydrogen-bond donors (Lipinski definition) is 0. The summed E-state index contributed by atoms with van der Waals surface area (Å²) in [5.74, 6) is 1.23. The zero-order valence-corrected chi connectivity index (χ0v) is 13.7. The number of halogens is 1. The molecule has 1 heterocycles. The van der Waals surface area contributed by atoms with Crippen LogP contribution in [0.1, 0.15) is 24.2 Å². The summed E-state index contributed by atoms with van der Waals surface area (Å²) >= 11 is 6.00. The van der Waals surface area contributed by atoms with Crippen LogP contribution in [0, 0.1) is 5.92 Å². The largest absolute Gasteiger partial charge is 0.496 e. The number of carbonyl (C=O) groups excluding carboxylic acids is 1. The third-order valence-corrected chi connectivity index (χ3v) is 3.91. The number of rotatable bonds is 4.